The van der Waals surface area contributed by atoms with Crippen LogP contribution in [0.2, 0.25) is 0 Å². The number of carbonyl (C=O) groups is 2. The molecule has 0 aliphatic rings. The number of aliphatic carboxylic acids is 1. The van der Waals surface area contributed by atoms with Crippen LogP contribution in [0.5, 0.6) is 0 Å². The molecule has 0 fully saturated rings. The molecule has 19 heavy (non-hydrogen) atoms. The summed E-state index contributed by atoms with van der Waals surface area (Å²) in [6.07, 6.45) is 0. The van der Waals surface area contributed by atoms with Crippen LogP contribution >= 0.6 is 0 Å². The minimum atomic E-state index is -1.03. The van der Waals surface area contributed by atoms with Crippen molar-refractivity contribution in [2.24, 2.45) is 5.92 Å². The topological polar surface area (TPSA) is 57.6 Å². The van der Waals surface area contributed by atoms with E-state index in [4.69, 9.17) is 5.11 Å². The van der Waals surface area contributed by atoms with Crippen molar-refractivity contribution in [1.29, 1.82) is 0 Å². The van der Waals surface area contributed by atoms with Crippen LogP contribution in [-0.4, -0.2) is 35.0 Å². The lowest BCUT2D eigenvalue weighted by molar-refractivity contribution is -0.141. The van der Waals surface area contributed by atoms with Gasteiger partial charge in [0.05, 0.1) is 5.92 Å². The molecule has 0 spiro atoms. The van der Waals surface area contributed by atoms with Gasteiger partial charge < -0.3 is 10.0 Å². The van der Waals surface area contributed by atoms with Crippen LogP contribution in [0.25, 0.3) is 0 Å². The van der Waals surface area contributed by atoms with Crippen LogP contribution in [0.15, 0.2) is 18.2 Å². The summed E-state index contributed by atoms with van der Waals surface area (Å²) in [6.45, 7) is 3.38. The maximum atomic E-state index is 13.0. The number of rotatable bonds is 5. The van der Waals surface area contributed by atoms with Crippen molar-refractivity contribution in [1.82, 2.24) is 4.90 Å². The van der Waals surface area contributed by atoms with Crippen molar-refractivity contribution >= 4 is 11.9 Å². The number of halogens is 2. The third kappa shape index (κ3) is 4.01. The molecule has 1 aromatic carbocycles. The van der Waals surface area contributed by atoms with Gasteiger partial charge >= 0.3 is 5.97 Å². The van der Waals surface area contributed by atoms with Crippen molar-refractivity contribution in [3.05, 3.63) is 35.4 Å². The number of carboxylic acids is 1. The fraction of sp³-hybridized carbons (Fsp3) is 0.385. The lowest BCUT2D eigenvalue weighted by Crippen LogP contribution is -2.36. The fourth-order valence-electron chi connectivity index (χ4n) is 1.62. The molecule has 0 aromatic heterocycles. The molecule has 1 atom stereocenters. The summed E-state index contributed by atoms with van der Waals surface area (Å²) in [5, 5.41) is 8.81. The highest BCUT2D eigenvalue weighted by atomic mass is 19.1. The van der Waals surface area contributed by atoms with Gasteiger partial charge in [-0.15, -0.1) is 0 Å². The predicted molar refractivity (Wildman–Crippen MR) is 64.7 cm³/mol. The van der Waals surface area contributed by atoms with Crippen molar-refractivity contribution in [2.45, 2.75) is 13.8 Å². The van der Waals surface area contributed by atoms with Gasteiger partial charge in [0.15, 0.2) is 0 Å². The zero-order valence-electron chi connectivity index (χ0n) is 10.7. The Balaban J connectivity index is 2.92. The molecule has 1 N–H and O–H groups in total. The first kappa shape index (κ1) is 15.1. The van der Waals surface area contributed by atoms with Gasteiger partial charge in [-0.25, -0.2) is 8.78 Å². The van der Waals surface area contributed by atoms with Gasteiger partial charge in [-0.2, -0.15) is 0 Å². The van der Waals surface area contributed by atoms with Crippen molar-refractivity contribution < 1.29 is 23.5 Å². The molecule has 1 unspecified atom stereocenters. The summed E-state index contributed by atoms with van der Waals surface area (Å²) in [5.74, 6) is -4.05. The second-order valence-corrected chi connectivity index (χ2v) is 4.24. The number of hydrogen-bond donors (Lipinski definition) is 1. The highest BCUT2D eigenvalue weighted by Crippen LogP contribution is 2.12. The van der Waals surface area contributed by atoms with E-state index in [1.54, 1.807) is 6.92 Å². The predicted octanol–water partition coefficient (Wildman–Crippen LogP) is 2.15. The lowest BCUT2D eigenvalue weighted by atomic mass is 10.1. The second kappa shape index (κ2) is 6.26. The van der Waals surface area contributed by atoms with E-state index in [0.29, 0.717) is 6.07 Å². The second-order valence-electron chi connectivity index (χ2n) is 4.24. The highest BCUT2D eigenvalue weighted by Gasteiger charge is 2.21. The summed E-state index contributed by atoms with van der Waals surface area (Å²) in [5.41, 5.74) is -0.128. The SMILES string of the molecule is CCN(CC(C)C(=O)O)C(=O)c1cc(F)cc(F)c1. The molecule has 1 amide bonds. The van der Waals surface area contributed by atoms with E-state index in [2.05, 4.69) is 0 Å². The monoisotopic (exact) mass is 271 g/mol. The van der Waals surface area contributed by atoms with Crippen molar-refractivity contribution in [3.8, 4) is 0 Å². The van der Waals surface area contributed by atoms with E-state index in [1.807, 2.05) is 0 Å². The molecule has 0 bridgehead atoms. The summed E-state index contributed by atoms with van der Waals surface area (Å²) in [4.78, 5) is 24.0. The summed E-state index contributed by atoms with van der Waals surface area (Å²) in [6, 6.07) is 2.53. The van der Waals surface area contributed by atoms with Crippen LogP contribution in [0.1, 0.15) is 24.2 Å². The summed E-state index contributed by atoms with van der Waals surface area (Å²) < 4.78 is 26.1. The quantitative estimate of drug-likeness (QED) is 0.892. The Morgan fingerprint density at radius 1 is 1.26 bits per heavy atom. The molecular weight excluding hydrogens is 256 g/mol. The van der Waals surface area contributed by atoms with Gasteiger partial charge in [0.1, 0.15) is 11.6 Å². The highest BCUT2D eigenvalue weighted by molar-refractivity contribution is 5.94. The van der Waals surface area contributed by atoms with E-state index < -0.39 is 29.4 Å². The Morgan fingerprint density at radius 2 is 1.79 bits per heavy atom. The molecule has 1 aromatic rings. The molecule has 0 aliphatic carbocycles. The Labute approximate surface area is 109 Å². The average molecular weight is 271 g/mol. The normalized spacial score (nSPS) is 12.0. The largest absolute Gasteiger partial charge is 0.481 e. The van der Waals surface area contributed by atoms with Crippen molar-refractivity contribution in [2.75, 3.05) is 13.1 Å². The minimum Gasteiger partial charge on any atom is -0.481 e. The zero-order valence-corrected chi connectivity index (χ0v) is 10.7. The number of benzene rings is 1. The van der Waals surface area contributed by atoms with Crippen LogP contribution in [0, 0.1) is 17.6 Å². The molecule has 0 aliphatic heterocycles. The van der Waals surface area contributed by atoms with Crippen LogP contribution in [0.3, 0.4) is 0 Å². The number of nitrogens with zero attached hydrogens (tertiary/aromatic N) is 1. The van der Waals surface area contributed by atoms with Gasteiger partial charge in [0, 0.05) is 24.7 Å². The van der Waals surface area contributed by atoms with E-state index in [1.165, 1.54) is 11.8 Å². The maximum absolute atomic E-state index is 13.0. The van der Waals surface area contributed by atoms with Gasteiger partial charge in [-0.1, -0.05) is 6.92 Å². The van der Waals surface area contributed by atoms with Crippen LogP contribution < -0.4 is 0 Å². The van der Waals surface area contributed by atoms with E-state index in [-0.39, 0.29) is 18.7 Å². The molecule has 104 valence electrons. The first-order valence-corrected chi connectivity index (χ1v) is 5.83. The van der Waals surface area contributed by atoms with Gasteiger partial charge in [-0.05, 0) is 19.1 Å². The number of amides is 1. The third-order valence-corrected chi connectivity index (χ3v) is 2.69. The zero-order chi connectivity index (χ0) is 14.6. The molecule has 1 rings (SSSR count). The molecule has 4 nitrogen and oxygen atoms in total. The Bertz CT molecular complexity index is 471. The average Bonchev–Trinajstić information content (AvgIpc) is 2.33. The first-order valence-electron chi connectivity index (χ1n) is 5.83. The number of carbonyl (C=O) groups excluding carboxylic acids is 1. The number of hydrogen-bond acceptors (Lipinski definition) is 2. The van der Waals surface area contributed by atoms with Crippen LogP contribution in [-0.2, 0) is 4.79 Å². The Kier molecular flexibility index (Phi) is 4.97. The van der Waals surface area contributed by atoms with E-state index in [9.17, 15) is 18.4 Å². The lowest BCUT2D eigenvalue weighted by Gasteiger charge is -2.23. The van der Waals surface area contributed by atoms with Gasteiger partial charge in [0.25, 0.3) is 5.91 Å². The molecule has 0 heterocycles. The van der Waals surface area contributed by atoms with Crippen molar-refractivity contribution in [3.63, 3.8) is 0 Å². The fourth-order valence-corrected chi connectivity index (χ4v) is 1.62. The minimum absolute atomic E-state index is 0.0111. The van der Waals surface area contributed by atoms with E-state index in [0.717, 1.165) is 12.1 Å². The molecule has 0 radical (unpaired) electrons. The molecule has 0 saturated heterocycles. The molecule has 6 heteroatoms. The molecular formula is C13H15F2NO3. The van der Waals surface area contributed by atoms with E-state index >= 15 is 0 Å². The summed E-state index contributed by atoms with van der Waals surface area (Å²) in [7, 11) is 0. The standard InChI is InChI=1S/C13H15F2NO3/c1-3-16(7-8(2)13(18)19)12(17)9-4-10(14)6-11(15)5-9/h4-6,8H,3,7H2,1-2H3,(H,18,19). The van der Waals surface area contributed by atoms with Crippen LogP contribution in [0.4, 0.5) is 8.78 Å². The first-order chi connectivity index (χ1) is 8.85. The summed E-state index contributed by atoms with van der Waals surface area (Å²) >= 11 is 0. The smallest absolute Gasteiger partial charge is 0.308 e. The number of carboxylic acid groups (broad SMARTS) is 1. The third-order valence-electron chi connectivity index (χ3n) is 2.69. The Hall–Kier alpha value is -1.98. The molecule has 0 saturated carbocycles. The maximum Gasteiger partial charge on any atom is 0.308 e. The van der Waals surface area contributed by atoms with Gasteiger partial charge in [0.2, 0.25) is 0 Å². The Morgan fingerprint density at radius 3 is 2.21 bits per heavy atom. The van der Waals surface area contributed by atoms with Gasteiger partial charge in [-0.3, -0.25) is 9.59 Å².